The molecule has 2 aromatic carbocycles. The number of carboxylic acid groups (broad SMARTS) is 1. The van der Waals surface area contributed by atoms with Crippen LogP contribution in [-0.2, 0) is 9.59 Å². The van der Waals surface area contributed by atoms with Gasteiger partial charge < -0.3 is 9.67 Å². The third kappa shape index (κ3) is 4.40. The lowest BCUT2D eigenvalue weighted by Gasteiger charge is -2.26. The number of halogens is 2. The highest BCUT2D eigenvalue weighted by Crippen LogP contribution is 2.29. The Morgan fingerprint density at radius 2 is 1.71 bits per heavy atom. The number of anilines is 1. The molecule has 2 heterocycles. The predicted molar refractivity (Wildman–Crippen MR) is 135 cm³/mol. The van der Waals surface area contributed by atoms with Crippen molar-refractivity contribution in [3.63, 3.8) is 0 Å². The molecule has 4 rings (SSSR count). The Morgan fingerprint density at radius 3 is 2.37 bits per heavy atom. The van der Waals surface area contributed by atoms with E-state index in [1.54, 1.807) is 41.8 Å². The van der Waals surface area contributed by atoms with Crippen LogP contribution in [0.15, 0.2) is 52.5 Å². The number of urea groups is 1. The van der Waals surface area contributed by atoms with Gasteiger partial charge in [0, 0.05) is 21.5 Å². The number of nitrogens with zero attached hydrogens (tertiary/aromatic N) is 2. The summed E-state index contributed by atoms with van der Waals surface area (Å²) < 4.78 is 2.61. The van der Waals surface area contributed by atoms with E-state index in [4.69, 9.17) is 11.6 Å². The molecule has 1 aliphatic heterocycles. The zero-order valence-corrected chi connectivity index (χ0v) is 21.2. The summed E-state index contributed by atoms with van der Waals surface area (Å²) in [6.07, 6.45) is 1.43. The lowest BCUT2D eigenvalue weighted by Crippen LogP contribution is -2.54. The normalized spacial score (nSPS) is 15.1. The summed E-state index contributed by atoms with van der Waals surface area (Å²) >= 11 is 9.39. The largest absolute Gasteiger partial charge is 0.478 e. The van der Waals surface area contributed by atoms with E-state index < -0.39 is 23.8 Å². The Kier molecular flexibility index (Phi) is 6.40. The molecule has 1 saturated heterocycles. The number of carboxylic acids is 1. The second-order valence-electron chi connectivity index (χ2n) is 8.02. The van der Waals surface area contributed by atoms with E-state index in [0.717, 1.165) is 20.6 Å². The maximum Gasteiger partial charge on any atom is 0.337 e. The number of aromatic nitrogens is 1. The SMILES string of the molecule is Cc1cc(N2C(=O)NC(=O)/C(=C\c3cc(C)n(-c4ccc(Cl)c(C(=O)O)c4)c3C)C2=O)ccc1Br. The van der Waals surface area contributed by atoms with Crippen LogP contribution in [0.25, 0.3) is 11.8 Å². The highest BCUT2D eigenvalue weighted by Gasteiger charge is 2.37. The van der Waals surface area contributed by atoms with E-state index in [2.05, 4.69) is 21.2 Å². The zero-order valence-electron chi connectivity index (χ0n) is 18.8. The maximum atomic E-state index is 13.3. The molecule has 178 valence electrons. The number of hydrogen-bond donors (Lipinski definition) is 2. The van der Waals surface area contributed by atoms with Gasteiger partial charge in [-0.2, -0.15) is 0 Å². The first-order valence-corrected chi connectivity index (χ1v) is 11.6. The highest BCUT2D eigenvalue weighted by atomic mass is 79.9. The average molecular weight is 557 g/mol. The van der Waals surface area contributed by atoms with E-state index in [1.165, 1.54) is 18.2 Å². The molecule has 0 unspecified atom stereocenters. The Labute approximate surface area is 213 Å². The van der Waals surface area contributed by atoms with Gasteiger partial charge in [0.1, 0.15) is 5.57 Å². The molecule has 0 aliphatic carbocycles. The fraction of sp³-hybridized carbons (Fsp3) is 0.120. The quantitative estimate of drug-likeness (QED) is 0.340. The molecule has 1 aliphatic rings. The Bertz CT molecular complexity index is 1470. The van der Waals surface area contributed by atoms with Gasteiger partial charge >= 0.3 is 12.0 Å². The third-order valence-electron chi connectivity index (χ3n) is 5.71. The molecule has 0 saturated carbocycles. The van der Waals surface area contributed by atoms with Gasteiger partial charge in [0.15, 0.2) is 0 Å². The standard InChI is InChI=1S/C25H19BrClN3O5/c1-12-8-16(4-6-20(12)26)30-23(32)19(22(31)28-25(30)35)10-15-9-13(2)29(14(15)3)17-5-7-21(27)18(11-17)24(33)34/h4-11H,1-3H3,(H,33,34)(H,28,31,35)/b19-10+. The summed E-state index contributed by atoms with van der Waals surface area (Å²) in [7, 11) is 0. The molecule has 0 atom stereocenters. The average Bonchev–Trinajstić information content (AvgIpc) is 3.06. The predicted octanol–water partition coefficient (Wildman–Crippen LogP) is 5.18. The number of imide groups is 2. The van der Waals surface area contributed by atoms with Crippen LogP contribution in [-0.4, -0.2) is 33.5 Å². The molecule has 10 heteroatoms. The van der Waals surface area contributed by atoms with E-state index >= 15 is 0 Å². The molecular formula is C25H19BrClN3O5. The van der Waals surface area contributed by atoms with Crippen molar-refractivity contribution in [3.8, 4) is 5.69 Å². The molecule has 8 nitrogen and oxygen atoms in total. The highest BCUT2D eigenvalue weighted by molar-refractivity contribution is 9.10. The minimum atomic E-state index is -1.15. The number of amides is 4. The zero-order chi connectivity index (χ0) is 25.6. The van der Waals surface area contributed by atoms with Crippen molar-refractivity contribution in [3.05, 3.63) is 85.6 Å². The van der Waals surface area contributed by atoms with Crippen molar-refractivity contribution in [1.29, 1.82) is 0 Å². The van der Waals surface area contributed by atoms with Crippen molar-refractivity contribution in [2.75, 3.05) is 4.90 Å². The van der Waals surface area contributed by atoms with Crippen LogP contribution in [0.5, 0.6) is 0 Å². The van der Waals surface area contributed by atoms with Crippen molar-refractivity contribution >= 4 is 63.1 Å². The molecule has 0 bridgehead atoms. The van der Waals surface area contributed by atoms with E-state index in [0.29, 0.717) is 22.6 Å². The van der Waals surface area contributed by atoms with Gasteiger partial charge in [-0.1, -0.05) is 27.5 Å². The van der Waals surface area contributed by atoms with Gasteiger partial charge in [-0.25, -0.2) is 14.5 Å². The molecule has 1 aromatic heterocycles. The summed E-state index contributed by atoms with van der Waals surface area (Å²) in [6, 6.07) is 10.6. The number of aromatic carboxylic acids is 1. The summed E-state index contributed by atoms with van der Waals surface area (Å²) in [5.74, 6) is -2.70. The summed E-state index contributed by atoms with van der Waals surface area (Å²) in [5, 5.41) is 11.7. The number of carbonyl (C=O) groups is 4. The topological polar surface area (TPSA) is 109 Å². The molecule has 3 aromatic rings. The fourth-order valence-electron chi connectivity index (χ4n) is 3.96. The first-order valence-electron chi connectivity index (χ1n) is 10.4. The van der Waals surface area contributed by atoms with Crippen LogP contribution in [0, 0.1) is 20.8 Å². The molecule has 0 spiro atoms. The van der Waals surface area contributed by atoms with Crippen molar-refractivity contribution in [2.45, 2.75) is 20.8 Å². The first-order chi connectivity index (χ1) is 16.5. The molecule has 0 radical (unpaired) electrons. The smallest absolute Gasteiger partial charge is 0.337 e. The number of rotatable bonds is 4. The molecule has 4 amide bonds. The van der Waals surface area contributed by atoms with Crippen LogP contribution in [0.1, 0.15) is 32.9 Å². The summed E-state index contributed by atoms with van der Waals surface area (Å²) in [4.78, 5) is 50.8. The monoisotopic (exact) mass is 555 g/mol. The minimum Gasteiger partial charge on any atom is -0.478 e. The van der Waals surface area contributed by atoms with Crippen molar-refractivity contribution < 1.29 is 24.3 Å². The van der Waals surface area contributed by atoms with Gasteiger partial charge in [-0.15, -0.1) is 0 Å². The van der Waals surface area contributed by atoms with Gasteiger partial charge in [0.2, 0.25) is 0 Å². The minimum absolute atomic E-state index is 0.0441. The van der Waals surface area contributed by atoms with Crippen molar-refractivity contribution in [2.24, 2.45) is 0 Å². The lowest BCUT2D eigenvalue weighted by molar-refractivity contribution is -0.122. The van der Waals surface area contributed by atoms with Crippen LogP contribution in [0.3, 0.4) is 0 Å². The van der Waals surface area contributed by atoms with Gasteiger partial charge in [-0.3, -0.25) is 14.9 Å². The third-order valence-corrected chi connectivity index (χ3v) is 6.93. The molecule has 2 N–H and O–H groups in total. The Balaban J connectivity index is 1.78. The number of nitrogens with one attached hydrogen (secondary N) is 1. The lowest BCUT2D eigenvalue weighted by atomic mass is 10.1. The molecular weight excluding hydrogens is 538 g/mol. The molecule has 35 heavy (non-hydrogen) atoms. The van der Waals surface area contributed by atoms with Gasteiger partial charge in [-0.05, 0) is 80.4 Å². The van der Waals surface area contributed by atoms with Gasteiger partial charge in [0.25, 0.3) is 11.8 Å². The number of carbonyl (C=O) groups excluding carboxylic acids is 3. The van der Waals surface area contributed by atoms with Gasteiger partial charge in [0.05, 0.1) is 16.3 Å². The number of hydrogen-bond acceptors (Lipinski definition) is 4. The number of aryl methyl sites for hydroxylation is 2. The van der Waals surface area contributed by atoms with Crippen LogP contribution < -0.4 is 10.2 Å². The number of benzene rings is 2. The van der Waals surface area contributed by atoms with E-state index in [-0.39, 0.29) is 16.2 Å². The first kappa shape index (κ1) is 24.4. The second-order valence-corrected chi connectivity index (χ2v) is 9.28. The Hall–Kier alpha value is -3.69. The van der Waals surface area contributed by atoms with E-state index in [1.807, 2.05) is 13.8 Å². The maximum absolute atomic E-state index is 13.3. The molecule has 1 fully saturated rings. The number of barbiturate groups is 1. The summed E-state index contributed by atoms with van der Waals surface area (Å²) in [6.45, 7) is 5.41. The van der Waals surface area contributed by atoms with E-state index in [9.17, 15) is 24.3 Å². The van der Waals surface area contributed by atoms with Crippen LogP contribution >= 0.6 is 27.5 Å². The van der Waals surface area contributed by atoms with Crippen LogP contribution in [0.4, 0.5) is 10.5 Å². The van der Waals surface area contributed by atoms with Crippen molar-refractivity contribution in [1.82, 2.24) is 9.88 Å². The van der Waals surface area contributed by atoms with Crippen LogP contribution in [0.2, 0.25) is 5.02 Å². The Morgan fingerprint density at radius 1 is 1.03 bits per heavy atom. The summed E-state index contributed by atoms with van der Waals surface area (Å²) in [5.41, 5.74) is 3.44. The second kappa shape index (κ2) is 9.16. The fourth-order valence-corrected chi connectivity index (χ4v) is 4.41.